The van der Waals surface area contributed by atoms with Crippen molar-refractivity contribution in [3.8, 4) is 0 Å². The lowest BCUT2D eigenvalue weighted by atomic mass is 10.3. The molecule has 122 valence electrons. The van der Waals surface area contributed by atoms with E-state index in [0.717, 1.165) is 18.0 Å². The van der Waals surface area contributed by atoms with Gasteiger partial charge in [-0.25, -0.2) is 19.9 Å². The number of hydrogen-bond donors (Lipinski definition) is 0. The molecule has 0 unspecified atom stereocenters. The molecule has 9 heteroatoms. The van der Waals surface area contributed by atoms with Crippen LogP contribution < -0.4 is 9.80 Å². The Morgan fingerprint density at radius 1 is 0.870 bits per heavy atom. The van der Waals surface area contributed by atoms with Gasteiger partial charge in [-0.2, -0.15) is 13.2 Å². The maximum atomic E-state index is 12.7. The van der Waals surface area contributed by atoms with Crippen molar-refractivity contribution in [2.24, 2.45) is 0 Å². The van der Waals surface area contributed by atoms with Crippen molar-refractivity contribution >= 4 is 11.9 Å². The summed E-state index contributed by atoms with van der Waals surface area (Å²) in [5.74, 6) is 0.735. The zero-order chi connectivity index (χ0) is 16.4. The first-order chi connectivity index (χ1) is 10.9. The molecule has 0 bridgehead atoms. The number of halogens is 3. The average molecular weight is 324 g/mol. The van der Waals surface area contributed by atoms with Gasteiger partial charge in [0.2, 0.25) is 11.9 Å². The number of nitrogens with zero attached hydrogens (tertiary/aromatic N) is 6. The summed E-state index contributed by atoms with van der Waals surface area (Å²) in [6.07, 6.45) is -1.63. The lowest BCUT2D eigenvalue weighted by Crippen LogP contribution is -2.47. The summed E-state index contributed by atoms with van der Waals surface area (Å²) >= 11 is 0. The Kier molecular flexibility index (Phi) is 4.01. The highest BCUT2D eigenvalue weighted by Gasteiger charge is 2.33. The van der Waals surface area contributed by atoms with Crippen molar-refractivity contribution in [2.45, 2.75) is 13.1 Å². The summed E-state index contributed by atoms with van der Waals surface area (Å²) in [4.78, 5) is 19.9. The van der Waals surface area contributed by atoms with Gasteiger partial charge in [-0.05, 0) is 19.1 Å². The Hall–Kier alpha value is -2.45. The molecule has 0 spiro atoms. The van der Waals surface area contributed by atoms with Gasteiger partial charge in [-0.3, -0.25) is 0 Å². The second kappa shape index (κ2) is 5.98. The van der Waals surface area contributed by atoms with Crippen molar-refractivity contribution in [3.63, 3.8) is 0 Å². The Labute approximate surface area is 131 Å². The second-order valence-electron chi connectivity index (χ2n) is 5.21. The average Bonchev–Trinajstić information content (AvgIpc) is 2.54. The van der Waals surface area contributed by atoms with Crippen LogP contribution in [-0.4, -0.2) is 46.1 Å². The first kappa shape index (κ1) is 15.4. The third kappa shape index (κ3) is 3.49. The highest BCUT2D eigenvalue weighted by molar-refractivity contribution is 5.38. The van der Waals surface area contributed by atoms with Crippen molar-refractivity contribution in [2.75, 3.05) is 36.0 Å². The molecule has 0 amide bonds. The van der Waals surface area contributed by atoms with E-state index in [1.54, 1.807) is 11.1 Å². The van der Waals surface area contributed by atoms with E-state index in [4.69, 9.17) is 0 Å². The van der Waals surface area contributed by atoms with Gasteiger partial charge < -0.3 is 9.80 Å². The topological polar surface area (TPSA) is 58.0 Å². The third-order valence-corrected chi connectivity index (χ3v) is 3.56. The fourth-order valence-electron chi connectivity index (χ4n) is 2.35. The number of aromatic nitrogens is 4. The van der Waals surface area contributed by atoms with E-state index < -0.39 is 11.9 Å². The molecule has 3 rings (SSSR count). The number of alkyl halides is 3. The molecule has 0 N–H and O–H groups in total. The van der Waals surface area contributed by atoms with Crippen LogP contribution in [0.4, 0.5) is 25.1 Å². The summed E-state index contributed by atoms with van der Waals surface area (Å²) in [6, 6.07) is 2.69. The number of rotatable bonds is 2. The van der Waals surface area contributed by atoms with E-state index in [1.165, 1.54) is 0 Å². The Balaban J connectivity index is 1.70. The smallest absolute Gasteiger partial charge is 0.337 e. The van der Waals surface area contributed by atoms with E-state index in [0.29, 0.717) is 32.1 Å². The van der Waals surface area contributed by atoms with E-state index in [1.807, 2.05) is 17.9 Å². The molecular weight excluding hydrogens is 309 g/mol. The first-order valence-electron chi connectivity index (χ1n) is 7.13. The molecule has 1 fully saturated rings. The van der Waals surface area contributed by atoms with Crippen molar-refractivity contribution in [1.82, 2.24) is 19.9 Å². The SMILES string of the molecule is Cc1ccnc(N2CCN(c3nccc(C(F)(F)F)n3)CC2)n1. The molecule has 0 saturated carbocycles. The molecule has 0 aliphatic carbocycles. The number of aryl methyl sites for hydroxylation is 1. The number of piperazine rings is 1. The van der Waals surface area contributed by atoms with Crippen LogP contribution in [0.15, 0.2) is 24.5 Å². The largest absolute Gasteiger partial charge is 0.433 e. The molecule has 6 nitrogen and oxygen atoms in total. The van der Waals surface area contributed by atoms with Gasteiger partial charge in [0.15, 0.2) is 0 Å². The summed E-state index contributed by atoms with van der Waals surface area (Å²) in [6.45, 7) is 4.11. The Morgan fingerprint density at radius 2 is 1.39 bits per heavy atom. The molecule has 2 aromatic rings. The van der Waals surface area contributed by atoms with Gasteiger partial charge >= 0.3 is 6.18 Å². The zero-order valence-corrected chi connectivity index (χ0v) is 12.5. The minimum Gasteiger partial charge on any atom is -0.337 e. The lowest BCUT2D eigenvalue weighted by molar-refractivity contribution is -0.141. The van der Waals surface area contributed by atoms with E-state index >= 15 is 0 Å². The fourth-order valence-corrected chi connectivity index (χ4v) is 2.35. The normalized spacial score (nSPS) is 15.8. The third-order valence-electron chi connectivity index (χ3n) is 3.56. The minimum absolute atomic E-state index is 0.102. The van der Waals surface area contributed by atoms with E-state index in [2.05, 4.69) is 19.9 Å². The summed E-state index contributed by atoms with van der Waals surface area (Å²) in [5.41, 5.74) is -0.0504. The highest BCUT2D eigenvalue weighted by Crippen LogP contribution is 2.28. The van der Waals surface area contributed by atoms with Crippen LogP contribution >= 0.6 is 0 Å². The lowest BCUT2D eigenvalue weighted by Gasteiger charge is -2.34. The van der Waals surface area contributed by atoms with Gasteiger partial charge in [0.25, 0.3) is 0 Å². The van der Waals surface area contributed by atoms with Crippen LogP contribution in [0.2, 0.25) is 0 Å². The Bertz CT molecular complexity index is 682. The van der Waals surface area contributed by atoms with E-state index in [-0.39, 0.29) is 5.95 Å². The van der Waals surface area contributed by atoms with Crippen LogP contribution in [0.3, 0.4) is 0 Å². The van der Waals surface area contributed by atoms with E-state index in [9.17, 15) is 13.2 Å². The summed E-state index contributed by atoms with van der Waals surface area (Å²) in [7, 11) is 0. The second-order valence-corrected chi connectivity index (χ2v) is 5.21. The molecule has 0 atom stereocenters. The Morgan fingerprint density at radius 3 is 1.91 bits per heavy atom. The molecule has 0 aromatic carbocycles. The van der Waals surface area contributed by atoms with Crippen LogP contribution in [0, 0.1) is 6.92 Å². The number of anilines is 2. The van der Waals surface area contributed by atoms with Crippen LogP contribution in [0.25, 0.3) is 0 Å². The predicted molar refractivity (Wildman–Crippen MR) is 78.2 cm³/mol. The summed E-state index contributed by atoms with van der Waals surface area (Å²) < 4.78 is 38.2. The van der Waals surface area contributed by atoms with Crippen LogP contribution in [0.1, 0.15) is 11.4 Å². The molecular formula is C14H15F3N6. The van der Waals surface area contributed by atoms with Gasteiger partial charge in [-0.1, -0.05) is 0 Å². The maximum absolute atomic E-state index is 12.7. The van der Waals surface area contributed by atoms with Crippen molar-refractivity contribution < 1.29 is 13.2 Å². The molecule has 2 aromatic heterocycles. The van der Waals surface area contributed by atoms with Crippen LogP contribution in [0.5, 0.6) is 0 Å². The molecule has 3 heterocycles. The molecule has 23 heavy (non-hydrogen) atoms. The van der Waals surface area contributed by atoms with Gasteiger partial charge in [0, 0.05) is 44.3 Å². The van der Waals surface area contributed by atoms with Gasteiger partial charge in [-0.15, -0.1) is 0 Å². The monoisotopic (exact) mass is 324 g/mol. The highest BCUT2D eigenvalue weighted by atomic mass is 19.4. The van der Waals surface area contributed by atoms with Crippen molar-refractivity contribution in [3.05, 3.63) is 35.9 Å². The molecule has 0 radical (unpaired) electrons. The minimum atomic E-state index is -4.46. The standard InChI is InChI=1S/C14H15F3N6/c1-10-2-4-18-12(20-10)22-6-8-23(9-7-22)13-19-5-3-11(21-13)14(15,16)17/h2-5H,6-9H2,1H3. The van der Waals surface area contributed by atoms with Crippen LogP contribution in [-0.2, 0) is 6.18 Å². The summed E-state index contributed by atoms with van der Waals surface area (Å²) in [5, 5.41) is 0. The zero-order valence-electron chi connectivity index (χ0n) is 12.5. The predicted octanol–water partition coefficient (Wildman–Crippen LogP) is 1.92. The maximum Gasteiger partial charge on any atom is 0.433 e. The molecule has 1 aliphatic heterocycles. The first-order valence-corrected chi connectivity index (χ1v) is 7.13. The quantitative estimate of drug-likeness (QED) is 0.841. The molecule has 1 aliphatic rings. The molecule has 1 saturated heterocycles. The van der Waals surface area contributed by atoms with Gasteiger partial charge in [0.05, 0.1) is 0 Å². The number of hydrogen-bond acceptors (Lipinski definition) is 6. The van der Waals surface area contributed by atoms with Crippen molar-refractivity contribution in [1.29, 1.82) is 0 Å². The fraction of sp³-hybridized carbons (Fsp3) is 0.429. The van der Waals surface area contributed by atoms with Gasteiger partial charge in [0.1, 0.15) is 5.69 Å².